The average molecular weight is 468 g/mol. The van der Waals surface area contributed by atoms with Crippen molar-refractivity contribution in [2.45, 2.75) is 13.2 Å². The highest BCUT2D eigenvalue weighted by Crippen LogP contribution is 2.36. The summed E-state index contributed by atoms with van der Waals surface area (Å²) in [6, 6.07) is 7.77. The Morgan fingerprint density at radius 2 is 1.97 bits per heavy atom. The predicted octanol–water partition coefficient (Wildman–Crippen LogP) is 3.52. The Balaban J connectivity index is 1.65. The lowest BCUT2D eigenvalue weighted by molar-refractivity contribution is -0.238. The van der Waals surface area contributed by atoms with Gasteiger partial charge in [-0.1, -0.05) is 12.7 Å². The van der Waals surface area contributed by atoms with E-state index in [-0.39, 0.29) is 25.6 Å². The summed E-state index contributed by atoms with van der Waals surface area (Å²) in [5.41, 5.74) is 1.52. The van der Waals surface area contributed by atoms with Gasteiger partial charge >= 0.3 is 5.97 Å². The number of nitrogens with one attached hydrogen (secondary N) is 1. The molecule has 1 aliphatic rings. The molecule has 0 unspecified atom stereocenters. The molecule has 0 saturated carbocycles. The Labute approximate surface area is 196 Å². The molecule has 1 aliphatic heterocycles. The van der Waals surface area contributed by atoms with Crippen LogP contribution in [-0.4, -0.2) is 59.8 Å². The molecule has 1 fully saturated rings. The molecule has 34 heavy (non-hydrogen) atoms. The van der Waals surface area contributed by atoms with Crippen molar-refractivity contribution in [3.63, 3.8) is 0 Å². The van der Waals surface area contributed by atoms with E-state index in [2.05, 4.69) is 21.5 Å². The number of aromatic nitrogens is 4. The monoisotopic (exact) mass is 467 g/mol. The molecule has 0 spiro atoms. The zero-order chi connectivity index (χ0) is 24.3. The molecule has 0 atom stereocenters. The third kappa shape index (κ3) is 4.82. The lowest BCUT2D eigenvalue weighted by atomic mass is 9.92. The standard InChI is InChI=1S/C24H26FN5O4/c1-5-12-32-22(31)24(2)13-33-21(34-14-24)20-28-18(15-6-8-16(25)9-7-15)19(29-20)17-10-11-26-23(27-17)30(3)4/h5-11,21H,1,12-14H2,2-4H3,(H,28,29). The van der Waals surface area contributed by atoms with E-state index in [1.165, 1.54) is 18.2 Å². The fourth-order valence-electron chi connectivity index (χ4n) is 3.40. The smallest absolute Gasteiger partial charge is 0.316 e. The summed E-state index contributed by atoms with van der Waals surface area (Å²) in [4.78, 5) is 31.0. The van der Waals surface area contributed by atoms with Crippen LogP contribution in [0.4, 0.5) is 10.3 Å². The van der Waals surface area contributed by atoms with Gasteiger partial charge in [0.05, 0.1) is 30.3 Å². The van der Waals surface area contributed by atoms with E-state index in [1.54, 1.807) is 36.2 Å². The van der Waals surface area contributed by atoms with Crippen molar-refractivity contribution in [2.24, 2.45) is 5.41 Å². The second-order valence-electron chi connectivity index (χ2n) is 8.39. The topological polar surface area (TPSA) is 102 Å². The Morgan fingerprint density at radius 1 is 1.26 bits per heavy atom. The summed E-state index contributed by atoms with van der Waals surface area (Å²) in [5, 5.41) is 0. The number of anilines is 1. The number of imidazole rings is 1. The normalized spacial score (nSPS) is 20.1. The molecule has 0 radical (unpaired) electrons. The number of rotatable bonds is 7. The summed E-state index contributed by atoms with van der Waals surface area (Å²) in [6.07, 6.45) is 2.33. The van der Waals surface area contributed by atoms with Gasteiger partial charge in [-0.25, -0.2) is 19.3 Å². The van der Waals surface area contributed by atoms with Gasteiger partial charge in [-0.3, -0.25) is 4.79 Å². The van der Waals surface area contributed by atoms with E-state index in [9.17, 15) is 9.18 Å². The first-order valence-electron chi connectivity index (χ1n) is 10.7. The van der Waals surface area contributed by atoms with Crippen LogP contribution < -0.4 is 4.90 Å². The van der Waals surface area contributed by atoms with Crippen molar-refractivity contribution in [2.75, 3.05) is 38.8 Å². The summed E-state index contributed by atoms with van der Waals surface area (Å²) in [7, 11) is 3.69. The van der Waals surface area contributed by atoms with Crippen LogP contribution in [0.25, 0.3) is 22.6 Å². The van der Waals surface area contributed by atoms with Gasteiger partial charge in [0.25, 0.3) is 0 Å². The second-order valence-corrected chi connectivity index (χ2v) is 8.39. The molecule has 178 valence electrons. The summed E-state index contributed by atoms with van der Waals surface area (Å²) >= 11 is 0. The van der Waals surface area contributed by atoms with Gasteiger partial charge in [0, 0.05) is 25.9 Å². The first-order valence-corrected chi connectivity index (χ1v) is 10.7. The average Bonchev–Trinajstić information content (AvgIpc) is 3.29. The molecular formula is C24H26FN5O4. The van der Waals surface area contributed by atoms with Gasteiger partial charge in [-0.05, 0) is 37.3 Å². The van der Waals surface area contributed by atoms with E-state index in [0.717, 1.165) is 0 Å². The SMILES string of the molecule is C=CCOC(=O)C1(C)COC(c2nc(-c3ccc(F)cc3)c(-c3ccnc(N(C)C)n3)[nH]2)OC1. The largest absolute Gasteiger partial charge is 0.461 e. The van der Waals surface area contributed by atoms with E-state index >= 15 is 0 Å². The minimum atomic E-state index is -0.942. The van der Waals surface area contributed by atoms with Gasteiger partial charge in [0.2, 0.25) is 12.2 Å². The molecule has 0 amide bonds. The molecule has 10 heteroatoms. The third-order valence-corrected chi connectivity index (χ3v) is 5.29. The summed E-state index contributed by atoms with van der Waals surface area (Å²) < 4.78 is 30.4. The number of carbonyl (C=O) groups is 1. The van der Waals surface area contributed by atoms with E-state index in [0.29, 0.717) is 34.4 Å². The van der Waals surface area contributed by atoms with Crippen LogP contribution in [-0.2, 0) is 19.0 Å². The van der Waals surface area contributed by atoms with E-state index < -0.39 is 17.7 Å². The number of esters is 1. The number of aromatic amines is 1. The molecular weight excluding hydrogens is 441 g/mol. The molecule has 3 heterocycles. The van der Waals surface area contributed by atoms with Gasteiger partial charge in [0.1, 0.15) is 17.8 Å². The van der Waals surface area contributed by atoms with Crippen molar-refractivity contribution in [1.82, 2.24) is 19.9 Å². The molecule has 1 N–H and O–H groups in total. The molecule has 1 aromatic carbocycles. The van der Waals surface area contributed by atoms with Crippen molar-refractivity contribution >= 4 is 11.9 Å². The van der Waals surface area contributed by atoms with Gasteiger partial charge in [0.15, 0.2) is 5.82 Å². The third-order valence-electron chi connectivity index (χ3n) is 5.29. The number of hydrogen-bond acceptors (Lipinski definition) is 8. The molecule has 1 saturated heterocycles. The fourth-order valence-corrected chi connectivity index (χ4v) is 3.40. The Bertz CT molecular complexity index is 1170. The van der Waals surface area contributed by atoms with Crippen LogP contribution >= 0.6 is 0 Å². The lowest BCUT2D eigenvalue weighted by Gasteiger charge is -2.34. The van der Waals surface area contributed by atoms with Crippen molar-refractivity contribution < 1.29 is 23.4 Å². The maximum Gasteiger partial charge on any atom is 0.316 e. The highest BCUT2D eigenvalue weighted by atomic mass is 19.1. The predicted molar refractivity (Wildman–Crippen MR) is 123 cm³/mol. The number of carbonyl (C=O) groups excluding carboxylic acids is 1. The first-order chi connectivity index (χ1) is 16.3. The highest BCUT2D eigenvalue weighted by Gasteiger charge is 2.42. The van der Waals surface area contributed by atoms with Gasteiger partial charge in [-0.2, -0.15) is 0 Å². The molecule has 0 bridgehead atoms. The maximum atomic E-state index is 13.5. The molecule has 9 nitrogen and oxygen atoms in total. The fraction of sp³-hybridized carbons (Fsp3) is 0.333. The number of nitrogens with zero attached hydrogens (tertiary/aromatic N) is 4. The van der Waals surface area contributed by atoms with Crippen LogP contribution in [0.2, 0.25) is 0 Å². The van der Waals surface area contributed by atoms with Crippen molar-refractivity contribution in [3.8, 4) is 22.6 Å². The Morgan fingerprint density at radius 3 is 2.62 bits per heavy atom. The van der Waals surface area contributed by atoms with Crippen molar-refractivity contribution in [1.29, 1.82) is 0 Å². The Hall–Kier alpha value is -3.63. The molecule has 2 aromatic heterocycles. The van der Waals surface area contributed by atoms with Crippen LogP contribution in [0.15, 0.2) is 49.2 Å². The summed E-state index contributed by atoms with van der Waals surface area (Å²) in [5.74, 6) is 0.160. The van der Waals surface area contributed by atoms with E-state index in [1.807, 2.05) is 14.1 Å². The van der Waals surface area contributed by atoms with Crippen molar-refractivity contribution in [3.05, 3.63) is 60.8 Å². The number of ether oxygens (including phenoxy) is 3. The number of benzene rings is 1. The highest BCUT2D eigenvalue weighted by molar-refractivity contribution is 5.78. The van der Waals surface area contributed by atoms with Crippen LogP contribution in [0.1, 0.15) is 19.0 Å². The maximum absolute atomic E-state index is 13.5. The van der Waals surface area contributed by atoms with E-state index in [4.69, 9.17) is 19.2 Å². The Kier molecular flexibility index (Phi) is 6.71. The van der Waals surface area contributed by atoms with Gasteiger partial charge < -0.3 is 24.1 Å². The van der Waals surface area contributed by atoms with Crippen LogP contribution in [0.3, 0.4) is 0 Å². The second kappa shape index (κ2) is 9.70. The first kappa shape index (κ1) is 23.5. The van der Waals surface area contributed by atoms with Crippen LogP contribution in [0, 0.1) is 11.2 Å². The van der Waals surface area contributed by atoms with Gasteiger partial charge in [-0.15, -0.1) is 0 Å². The minimum Gasteiger partial charge on any atom is -0.461 e. The molecule has 3 aromatic rings. The minimum absolute atomic E-state index is 0.0911. The number of H-pyrrole nitrogens is 1. The lowest BCUT2D eigenvalue weighted by Crippen LogP contribution is -2.43. The molecule has 0 aliphatic carbocycles. The van der Waals surface area contributed by atoms with Crippen LogP contribution in [0.5, 0.6) is 0 Å². The number of hydrogen-bond donors (Lipinski definition) is 1. The number of halogens is 1. The summed E-state index contributed by atoms with van der Waals surface area (Å²) in [6.45, 7) is 5.57. The molecule has 4 rings (SSSR count). The quantitative estimate of drug-likeness (QED) is 0.416. The zero-order valence-electron chi connectivity index (χ0n) is 19.2. The zero-order valence-corrected chi connectivity index (χ0v) is 19.2.